The van der Waals surface area contributed by atoms with Crippen LogP contribution in [-0.4, -0.2) is 89.0 Å². The van der Waals surface area contributed by atoms with Gasteiger partial charge < -0.3 is 29.2 Å². The summed E-state index contributed by atoms with van der Waals surface area (Å²) in [6, 6.07) is 15.3. The number of amides is 4. The molecule has 2 aliphatic rings. The zero-order valence-electron chi connectivity index (χ0n) is 32.5. The number of unbranched alkanes of at least 4 members (excludes halogenated alkanes) is 3. The van der Waals surface area contributed by atoms with Gasteiger partial charge in [-0.05, 0) is 65.5 Å². The first-order valence-electron chi connectivity index (χ1n) is 18.8. The molecule has 1 aliphatic carbocycles. The number of pyridine rings is 1. The van der Waals surface area contributed by atoms with Crippen LogP contribution in [0.3, 0.4) is 0 Å². The first-order valence-corrected chi connectivity index (χ1v) is 18.8. The van der Waals surface area contributed by atoms with E-state index in [0.717, 1.165) is 24.8 Å². The number of benzene rings is 2. The summed E-state index contributed by atoms with van der Waals surface area (Å²) in [4.78, 5) is 61.3. The Labute approximate surface area is 323 Å². The Balaban J connectivity index is 1.49. The summed E-state index contributed by atoms with van der Waals surface area (Å²) in [6.07, 6.45) is 5.42. The Morgan fingerprint density at radius 3 is 2.47 bits per heavy atom. The highest BCUT2D eigenvalue weighted by molar-refractivity contribution is 5.95. The number of fused-ring (bicyclic) bond motifs is 1. The minimum atomic E-state index is -1.28. The zero-order valence-corrected chi connectivity index (χ0v) is 32.5. The summed E-state index contributed by atoms with van der Waals surface area (Å²) in [5, 5.41) is 4.82. The van der Waals surface area contributed by atoms with Gasteiger partial charge in [0.15, 0.2) is 0 Å². The summed E-state index contributed by atoms with van der Waals surface area (Å²) < 4.78 is 23.0. The fraction of sp³-hybridized carbons (Fsp3) is 0.452. The fourth-order valence-electron chi connectivity index (χ4n) is 6.75. The van der Waals surface area contributed by atoms with Gasteiger partial charge in [0.2, 0.25) is 5.91 Å². The molecule has 2 aromatic carbocycles. The average molecular weight is 756 g/mol. The van der Waals surface area contributed by atoms with Crippen molar-refractivity contribution in [2.75, 3.05) is 26.8 Å². The van der Waals surface area contributed by atoms with E-state index in [1.54, 1.807) is 40.9 Å². The van der Waals surface area contributed by atoms with Gasteiger partial charge in [-0.3, -0.25) is 4.79 Å². The summed E-state index contributed by atoms with van der Waals surface area (Å²) >= 11 is 0. The largest absolute Gasteiger partial charge is 0.497 e. The second kappa shape index (κ2) is 17.7. The number of aromatic nitrogens is 1. The van der Waals surface area contributed by atoms with Crippen molar-refractivity contribution in [3.05, 3.63) is 79.9 Å². The number of carbonyl (C=O) groups excluding carboxylic acids is 4. The number of rotatable bonds is 15. The van der Waals surface area contributed by atoms with Gasteiger partial charge in [0, 0.05) is 42.0 Å². The number of nitrogens with zero attached hydrogens (tertiary/aromatic N) is 3. The minimum absolute atomic E-state index is 0.00217. The van der Waals surface area contributed by atoms with Crippen LogP contribution in [0.25, 0.3) is 22.2 Å². The lowest BCUT2D eigenvalue weighted by molar-refractivity contribution is -0.149. The Hall–Kier alpha value is -5.59. The van der Waals surface area contributed by atoms with Crippen molar-refractivity contribution in [2.24, 2.45) is 5.92 Å². The van der Waals surface area contributed by atoms with Crippen molar-refractivity contribution in [1.82, 2.24) is 25.6 Å². The third-order valence-electron chi connectivity index (χ3n) is 9.58. The maximum absolute atomic E-state index is 14.5. The monoisotopic (exact) mass is 755 g/mol. The van der Waals surface area contributed by atoms with E-state index in [2.05, 4.69) is 23.9 Å². The quantitative estimate of drug-likeness (QED) is 0.0727. The van der Waals surface area contributed by atoms with Crippen molar-refractivity contribution in [1.29, 1.82) is 0 Å². The number of hydrazine groups is 1. The van der Waals surface area contributed by atoms with Crippen LogP contribution in [-0.2, 0) is 19.1 Å². The predicted octanol–water partition coefficient (Wildman–Crippen LogP) is 6.96. The van der Waals surface area contributed by atoms with E-state index in [0.29, 0.717) is 40.9 Å². The highest BCUT2D eigenvalue weighted by Gasteiger charge is 2.62. The third-order valence-corrected chi connectivity index (χ3v) is 9.58. The van der Waals surface area contributed by atoms with Crippen LogP contribution >= 0.6 is 0 Å². The number of esters is 1. The van der Waals surface area contributed by atoms with Crippen LogP contribution in [0.2, 0.25) is 0 Å². The van der Waals surface area contributed by atoms with Crippen molar-refractivity contribution in [3.8, 4) is 22.8 Å². The molecule has 1 aromatic heterocycles. The summed E-state index contributed by atoms with van der Waals surface area (Å²) in [6.45, 7) is 14.8. The standard InChI is InChI=1S/C42H53N5O8/c1-8-11-12-13-17-22-47(45-39(50)55-41(4,5)6)40(51)46-27-31(24-35(46)37(48)44-42(26-29(42)9-2)38(49)53-10-3)54-36-25-33(28-18-15-14-16-19-28)43-34-23-30(52-7)20-21-32(34)36/h8-9,14-16,18-21,23,25,29,31,35H,1-2,10-13,17,22,24,26-27H2,3-7H3,(H,44,48)(H,45,50)/t29?,31-,35+,42-/m1/s1. The molecule has 0 spiro atoms. The van der Waals surface area contributed by atoms with Gasteiger partial charge in [-0.2, -0.15) is 0 Å². The molecule has 4 amide bonds. The number of allylic oxidation sites excluding steroid dienone is 1. The Morgan fingerprint density at radius 2 is 1.82 bits per heavy atom. The summed E-state index contributed by atoms with van der Waals surface area (Å²) in [5.74, 6) is -0.300. The van der Waals surface area contributed by atoms with Crippen LogP contribution in [0.5, 0.6) is 11.5 Å². The van der Waals surface area contributed by atoms with E-state index in [-0.39, 0.29) is 32.0 Å². The second-order valence-electron chi connectivity index (χ2n) is 14.8. The summed E-state index contributed by atoms with van der Waals surface area (Å²) in [7, 11) is 1.59. The van der Waals surface area contributed by atoms with Gasteiger partial charge in [0.25, 0.3) is 0 Å². The molecule has 1 aliphatic heterocycles. The van der Waals surface area contributed by atoms with Gasteiger partial charge in [-0.15, -0.1) is 13.2 Å². The molecule has 294 valence electrons. The number of hydrogen-bond acceptors (Lipinski definition) is 9. The molecule has 0 radical (unpaired) electrons. The van der Waals surface area contributed by atoms with Crippen molar-refractivity contribution in [2.45, 2.75) is 89.5 Å². The topological polar surface area (TPSA) is 149 Å². The molecule has 3 aromatic rings. The molecule has 1 saturated carbocycles. The molecule has 5 rings (SSSR count). The maximum atomic E-state index is 14.5. The average Bonchev–Trinajstić information content (AvgIpc) is 3.72. The van der Waals surface area contributed by atoms with Gasteiger partial charge in [0.1, 0.15) is 34.8 Å². The highest BCUT2D eigenvalue weighted by atomic mass is 16.6. The van der Waals surface area contributed by atoms with Crippen LogP contribution in [0.15, 0.2) is 79.9 Å². The number of nitrogens with one attached hydrogen (secondary N) is 2. The summed E-state index contributed by atoms with van der Waals surface area (Å²) in [5.41, 5.74) is 2.70. The van der Waals surface area contributed by atoms with Gasteiger partial charge in [-0.25, -0.2) is 29.8 Å². The molecule has 1 saturated heterocycles. The number of carbonyl (C=O) groups is 4. The van der Waals surface area contributed by atoms with E-state index in [1.165, 1.54) is 9.91 Å². The van der Waals surface area contributed by atoms with E-state index in [4.69, 9.17) is 23.9 Å². The van der Waals surface area contributed by atoms with Crippen LogP contribution in [0.1, 0.15) is 66.2 Å². The first-order chi connectivity index (χ1) is 26.3. The molecule has 2 fully saturated rings. The van der Waals surface area contributed by atoms with Crippen molar-refractivity contribution < 1.29 is 38.1 Å². The molecular formula is C42H53N5O8. The molecule has 4 atom stereocenters. The van der Waals surface area contributed by atoms with Gasteiger partial charge in [-0.1, -0.05) is 48.9 Å². The van der Waals surface area contributed by atoms with Gasteiger partial charge >= 0.3 is 18.1 Å². The molecule has 13 heteroatoms. The first kappa shape index (κ1) is 40.6. The number of methoxy groups -OCH3 is 1. The second-order valence-corrected chi connectivity index (χ2v) is 14.8. The molecule has 2 N–H and O–H groups in total. The predicted molar refractivity (Wildman–Crippen MR) is 209 cm³/mol. The number of likely N-dealkylation sites (tertiary alicyclic amines) is 1. The fourth-order valence-corrected chi connectivity index (χ4v) is 6.75. The van der Waals surface area contributed by atoms with Crippen LogP contribution in [0, 0.1) is 5.92 Å². The smallest absolute Gasteiger partial charge is 0.426 e. The zero-order chi connectivity index (χ0) is 39.8. The van der Waals surface area contributed by atoms with E-state index >= 15 is 0 Å². The van der Waals surface area contributed by atoms with Crippen molar-refractivity contribution >= 4 is 34.9 Å². The normalized spacial score (nSPS) is 20.2. The highest BCUT2D eigenvalue weighted by Crippen LogP contribution is 2.46. The van der Waals surface area contributed by atoms with E-state index in [1.807, 2.05) is 60.7 Å². The number of ether oxygens (including phenoxy) is 4. The van der Waals surface area contributed by atoms with Crippen molar-refractivity contribution in [3.63, 3.8) is 0 Å². The van der Waals surface area contributed by atoms with Gasteiger partial charge in [0.05, 0.1) is 31.5 Å². The third kappa shape index (κ3) is 9.94. The molecule has 0 bridgehead atoms. The lowest BCUT2D eigenvalue weighted by Crippen LogP contribution is -2.58. The minimum Gasteiger partial charge on any atom is -0.497 e. The SMILES string of the molecule is C=CCCCCCN(NC(=O)OC(C)(C)C)C(=O)N1C[C@H](Oc2cc(-c3ccccc3)nc3cc(OC)ccc23)C[C@H]1C(=O)N[C@]1(C(=O)OCC)CC1C=C. The lowest BCUT2D eigenvalue weighted by Gasteiger charge is -2.32. The molecule has 55 heavy (non-hydrogen) atoms. The van der Waals surface area contributed by atoms with Crippen LogP contribution in [0.4, 0.5) is 9.59 Å². The molecular weight excluding hydrogens is 702 g/mol. The van der Waals surface area contributed by atoms with E-state index < -0.39 is 47.3 Å². The number of urea groups is 1. The Morgan fingerprint density at radius 1 is 1.05 bits per heavy atom. The Kier molecular flexibility index (Phi) is 13.1. The number of hydrogen-bond donors (Lipinski definition) is 2. The maximum Gasteiger partial charge on any atom is 0.426 e. The molecule has 2 heterocycles. The van der Waals surface area contributed by atoms with Crippen LogP contribution < -0.4 is 20.2 Å². The Bertz CT molecular complexity index is 1880. The van der Waals surface area contributed by atoms with E-state index in [9.17, 15) is 19.2 Å². The molecule has 13 nitrogen and oxygen atoms in total. The lowest BCUT2D eigenvalue weighted by atomic mass is 10.1. The molecule has 1 unspecified atom stereocenters.